The molecule has 0 bridgehead atoms. The molecule has 3 nitrogen and oxygen atoms in total. The second-order valence-electron chi connectivity index (χ2n) is 5.19. The van der Waals surface area contributed by atoms with Crippen molar-refractivity contribution < 1.29 is 4.74 Å². The predicted molar refractivity (Wildman–Crippen MR) is 87.8 cm³/mol. The van der Waals surface area contributed by atoms with Gasteiger partial charge in [0.15, 0.2) is 0 Å². The van der Waals surface area contributed by atoms with Gasteiger partial charge in [0.2, 0.25) is 5.88 Å². The Kier molecular flexibility index (Phi) is 3.88. The highest BCUT2D eigenvalue weighted by molar-refractivity contribution is 9.10. The third kappa shape index (κ3) is 3.22. The summed E-state index contributed by atoms with van der Waals surface area (Å²) in [5, 5.41) is 2.30. The Labute approximate surface area is 132 Å². The van der Waals surface area contributed by atoms with Crippen molar-refractivity contribution in [3.63, 3.8) is 0 Å². The molecule has 0 amide bonds. The number of aromatic nitrogens is 2. The molecule has 0 fully saturated rings. The molecule has 4 heteroatoms. The molecule has 106 valence electrons. The highest BCUT2D eigenvalue weighted by atomic mass is 79.9. The van der Waals surface area contributed by atoms with Gasteiger partial charge in [-0.25, -0.2) is 9.97 Å². The molecule has 3 aromatic rings. The van der Waals surface area contributed by atoms with Gasteiger partial charge in [-0.3, -0.25) is 0 Å². The number of ether oxygens (including phenoxy) is 1. The monoisotopic (exact) mass is 342 g/mol. The molecule has 2 aromatic carbocycles. The molecule has 1 aromatic heterocycles. The summed E-state index contributed by atoms with van der Waals surface area (Å²) in [5.41, 5.74) is 0.977. The summed E-state index contributed by atoms with van der Waals surface area (Å²) < 4.78 is 6.92. The van der Waals surface area contributed by atoms with Gasteiger partial charge in [-0.05, 0) is 41.0 Å². The zero-order chi connectivity index (χ0) is 14.8. The molecule has 3 rings (SSSR count). The number of nitrogens with zero attached hydrogens (tertiary/aromatic N) is 2. The first-order chi connectivity index (χ1) is 10.1. The Morgan fingerprint density at radius 3 is 2.52 bits per heavy atom. The van der Waals surface area contributed by atoms with Crippen LogP contribution in [0.3, 0.4) is 0 Å². The van der Waals surface area contributed by atoms with E-state index in [1.165, 1.54) is 5.39 Å². The summed E-state index contributed by atoms with van der Waals surface area (Å²) in [6, 6.07) is 14.1. The smallest absolute Gasteiger partial charge is 0.222 e. The molecule has 0 saturated carbocycles. The molecule has 0 aliphatic carbocycles. The molecule has 0 aliphatic rings. The highest BCUT2D eigenvalue weighted by Gasteiger charge is 2.05. The van der Waals surface area contributed by atoms with E-state index in [2.05, 4.69) is 51.9 Å². The van der Waals surface area contributed by atoms with Crippen molar-refractivity contribution in [2.24, 2.45) is 0 Å². The van der Waals surface area contributed by atoms with E-state index in [1.54, 1.807) is 6.33 Å². The van der Waals surface area contributed by atoms with E-state index in [9.17, 15) is 0 Å². The zero-order valence-electron chi connectivity index (χ0n) is 11.9. The van der Waals surface area contributed by atoms with Crippen LogP contribution in [0.4, 0.5) is 0 Å². The van der Waals surface area contributed by atoms with Gasteiger partial charge < -0.3 is 4.74 Å². The third-order valence-electron chi connectivity index (χ3n) is 3.25. The summed E-state index contributed by atoms with van der Waals surface area (Å²) in [4.78, 5) is 8.41. The fourth-order valence-electron chi connectivity index (χ4n) is 2.10. The Bertz CT molecular complexity index is 787. The van der Waals surface area contributed by atoms with Gasteiger partial charge in [-0.2, -0.15) is 0 Å². The molecule has 0 atom stereocenters. The lowest BCUT2D eigenvalue weighted by atomic mass is 10.1. The van der Waals surface area contributed by atoms with Gasteiger partial charge in [0, 0.05) is 10.5 Å². The first kappa shape index (κ1) is 14.0. The molecule has 0 radical (unpaired) electrons. The van der Waals surface area contributed by atoms with Crippen LogP contribution in [0.25, 0.3) is 10.8 Å². The molecular formula is C17H15BrN2O. The van der Waals surface area contributed by atoms with E-state index in [1.807, 2.05) is 30.3 Å². The minimum absolute atomic E-state index is 0.351. The summed E-state index contributed by atoms with van der Waals surface area (Å²) in [6.07, 6.45) is 1.54. The summed E-state index contributed by atoms with van der Waals surface area (Å²) in [6.45, 7) is 4.19. The van der Waals surface area contributed by atoms with Crippen LogP contribution in [0.15, 0.2) is 53.3 Å². The van der Waals surface area contributed by atoms with Crippen molar-refractivity contribution in [1.29, 1.82) is 0 Å². The van der Waals surface area contributed by atoms with E-state index in [4.69, 9.17) is 4.74 Å². The molecule has 21 heavy (non-hydrogen) atoms. The third-order valence-corrected chi connectivity index (χ3v) is 3.74. The lowest BCUT2D eigenvalue weighted by Gasteiger charge is -2.08. The van der Waals surface area contributed by atoms with Crippen LogP contribution in [0, 0.1) is 0 Å². The van der Waals surface area contributed by atoms with Crippen LogP contribution in [0.1, 0.15) is 25.5 Å². The number of benzene rings is 2. The lowest BCUT2D eigenvalue weighted by Crippen LogP contribution is -1.95. The number of hydrogen-bond acceptors (Lipinski definition) is 3. The van der Waals surface area contributed by atoms with Gasteiger partial charge in [0.25, 0.3) is 0 Å². The molecule has 0 saturated heterocycles. The molecule has 1 heterocycles. The van der Waals surface area contributed by atoms with Crippen molar-refractivity contribution >= 4 is 26.7 Å². The van der Waals surface area contributed by atoms with Crippen LogP contribution < -0.4 is 4.74 Å². The first-order valence-electron chi connectivity index (χ1n) is 6.81. The van der Waals surface area contributed by atoms with Gasteiger partial charge in [-0.1, -0.05) is 41.9 Å². The maximum atomic E-state index is 5.84. The van der Waals surface area contributed by atoms with E-state index in [0.717, 1.165) is 21.3 Å². The average Bonchev–Trinajstić information content (AvgIpc) is 2.48. The van der Waals surface area contributed by atoms with Gasteiger partial charge in [0.1, 0.15) is 12.1 Å². The zero-order valence-corrected chi connectivity index (χ0v) is 13.5. The fraction of sp³-hybridized carbons (Fsp3) is 0.176. The average molecular weight is 343 g/mol. The lowest BCUT2D eigenvalue weighted by molar-refractivity contribution is 0.460. The highest BCUT2D eigenvalue weighted by Crippen LogP contribution is 2.27. The van der Waals surface area contributed by atoms with Gasteiger partial charge in [0.05, 0.1) is 5.69 Å². The molecular weight excluding hydrogens is 328 g/mol. The van der Waals surface area contributed by atoms with Crippen molar-refractivity contribution in [3.05, 3.63) is 59.0 Å². The van der Waals surface area contributed by atoms with Crippen molar-refractivity contribution in [3.8, 4) is 11.6 Å². The minimum Gasteiger partial charge on any atom is -0.439 e. The quantitative estimate of drug-likeness (QED) is 0.647. The van der Waals surface area contributed by atoms with Crippen LogP contribution in [0.5, 0.6) is 11.6 Å². The van der Waals surface area contributed by atoms with Crippen LogP contribution >= 0.6 is 15.9 Å². The number of fused-ring (bicyclic) bond motifs is 1. The Morgan fingerprint density at radius 1 is 0.952 bits per heavy atom. The molecule has 0 spiro atoms. The first-order valence-corrected chi connectivity index (χ1v) is 7.60. The van der Waals surface area contributed by atoms with E-state index < -0.39 is 0 Å². The van der Waals surface area contributed by atoms with Crippen molar-refractivity contribution in [1.82, 2.24) is 9.97 Å². The maximum absolute atomic E-state index is 5.84. The Morgan fingerprint density at radius 2 is 1.71 bits per heavy atom. The van der Waals surface area contributed by atoms with Crippen LogP contribution in [-0.2, 0) is 0 Å². The number of hydrogen-bond donors (Lipinski definition) is 0. The predicted octanol–water partition coefficient (Wildman–Crippen LogP) is 5.31. The Hall–Kier alpha value is -1.94. The second kappa shape index (κ2) is 5.82. The van der Waals surface area contributed by atoms with Crippen molar-refractivity contribution in [2.45, 2.75) is 19.8 Å². The fourth-order valence-corrected chi connectivity index (χ4v) is 2.48. The van der Waals surface area contributed by atoms with Gasteiger partial charge in [-0.15, -0.1) is 0 Å². The summed E-state index contributed by atoms with van der Waals surface area (Å²) >= 11 is 3.48. The van der Waals surface area contributed by atoms with Crippen molar-refractivity contribution in [2.75, 3.05) is 0 Å². The molecule has 0 aliphatic heterocycles. The standard InChI is InChI=1S/C17H15BrN2O/c1-11(2)16-9-17(20-10-19-16)21-15-6-4-12-7-14(18)5-3-13(12)8-15/h3-11H,1-2H3. The van der Waals surface area contributed by atoms with E-state index in [-0.39, 0.29) is 0 Å². The van der Waals surface area contributed by atoms with Crippen LogP contribution in [-0.4, -0.2) is 9.97 Å². The molecule has 0 unspecified atom stereocenters. The maximum Gasteiger partial charge on any atom is 0.222 e. The number of halogens is 1. The SMILES string of the molecule is CC(C)c1cc(Oc2ccc3cc(Br)ccc3c2)ncn1. The summed E-state index contributed by atoms with van der Waals surface area (Å²) in [5.74, 6) is 1.70. The van der Waals surface area contributed by atoms with E-state index >= 15 is 0 Å². The second-order valence-corrected chi connectivity index (χ2v) is 6.11. The number of rotatable bonds is 3. The van der Waals surface area contributed by atoms with E-state index in [0.29, 0.717) is 11.8 Å². The molecule has 0 N–H and O–H groups in total. The largest absolute Gasteiger partial charge is 0.439 e. The van der Waals surface area contributed by atoms with Crippen LogP contribution in [0.2, 0.25) is 0 Å². The normalized spacial score (nSPS) is 11.0. The van der Waals surface area contributed by atoms with Gasteiger partial charge >= 0.3 is 0 Å². The minimum atomic E-state index is 0.351. The summed E-state index contributed by atoms with van der Waals surface area (Å²) in [7, 11) is 0. The topological polar surface area (TPSA) is 35.0 Å². The Balaban J connectivity index is 1.91.